The second-order valence-electron chi connectivity index (χ2n) is 5.03. The zero-order valence-corrected chi connectivity index (χ0v) is 12.4. The lowest BCUT2D eigenvalue weighted by Gasteiger charge is -2.18. The van der Waals surface area contributed by atoms with Crippen molar-refractivity contribution in [1.82, 2.24) is 5.32 Å². The molecule has 2 nitrogen and oxygen atoms in total. The van der Waals surface area contributed by atoms with Gasteiger partial charge in [-0.15, -0.1) is 0 Å². The molecular weight excluding hydrogens is 265 g/mol. The van der Waals surface area contributed by atoms with Gasteiger partial charge in [0.2, 0.25) is 0 Å². The van der Waals surface area contributed by atoms with E-state index in [2.05, 4.69) is 17.4 Å². The van der Waals surface area contributed by atoms with Crippen LogP contribution in [0.15, 0.2) is 54.6 Å². The zero-order chi connectivity index (χ0) is 14.9. The number of hydrogen-bond acceptors (Lipinski definition) is 2. The lowest BCUT2D eigenvalue weighted by atomic mass is 10.1. The molecule has 0 aliphatic rings. The fraction of sp³-hybridized carbons (Fsp3) is 0.333. The quantitative estimate of drug-likeness (QED) is 0.747. The molecule has 0 aliphatic carbocycles. The Morgan fingerprint density at radius 1 is 1.05 bits per heavy atom. The molecule has 0 bridgehead atoms. The molecule has 0 saturated heterocycles. The fourth-order valence-electron chi connectivity index (χ4n) is 2.33. The van der Waals surface area contributed by atoms with Gasteiger partial charge in [-0.05, 0) is 31.5 Å². The first-order chi connectivity index (χ1) is 10.3. The predicted octanol–water partition coefficient (Wildman–Crippen LogP) is 3.74. The molecule has 2 rings (SSSR count). The average molecular weight is 287 g/mol. The summed E-state index contributed by atoms with van der Waals surface area (Å²) >= 11 is 0. The molecule has 2 aromatic carbocycles. The molecule has 0 aromatic heterocycles. The third kappa shape index (κ3) is 4.96. The maximum absolute atomic E-state index is 13.8. The van der Waals surface area contributed by atoms with Crippen molar-refractivity contribution in [2.45, 2.75) is 18.9 Å². The Morgan fingerprint density at radius 2 is 1.76 bits per heavy atom. The molecule has 0 amide bonds. The van der Waals surface area contributed by atoms with Crippen LogP contribution in [-0.2, 0) is 11.2 Å². The molecule has 0 fully saturated rings. The van der Waals surface area contributed by atoms with Crippen molar-refractivity contribution in [2.24, 2.45) is 0 Å². The van der Waals surface area contributed by atoms with Gasteiger partial charge in [0.15, 0.2) is 0 Å². The lowest BCUT2D eigenvalue weighted by molar-refractivity contribution is 0.0500. The molecular formula is C18H22FNO. The van der Waals surface area contributed by atoms with E-state index in [0.717, 1.165) is 12.8 Å². The number of likely N-dealkylation sites (N-methyl/N-ethyl adjacent to an activating group) is 1. The van der Waals surface area contributed by atoms with Gasteiger partial charge in [-0.3, -0.25) is 0 Å². The predicted molar refractivity (Wildman–Crippen MR) is 83.8 cm³/mol. The highest BCUT2D eigenvalue weighted by atomic mass is 19.1. The molecule has 0 spiro atoms. The average Bonchev–Trinajstić information content (AvgIpc) is 2.52. The number of nitrogens with one attached hydrogen (secondary N) is 1. The van der Waals surface area contributed by atoms with E-state index in [1.807, 2.05) is 31.3 Å². The Bertz CT molecular complexity index is 530. The van der Waals surface area contributed by atoms with Crippen molar-refractivity contribution < 1.29 is 9.13 Å². The van der Waals surface area contributed by atoms with Crippen LogP contribution < -0.4 is 5.32 Å². The van der Waals surface area contributed by atoms with E-state index in [0.29, 0.717) is 18.7 Å². The minimum atomic E-state index is -0.244. The third-order valence-electron chi connectivity index (χ3n) is 3.41. The summed E-state index contributed by atoms with van der Waals surface area (Å²) in [6.07, 6.45) is 1.66. The summed E-state index contributed by atoms with van der Waals surface area (Å²) in [7, 11) is 1.85. The molecule has 1 N–H and O–H groups in total. The maximum Gasteiger partial charge on any atom is 0.129 e. The SMILES string of the molecule is CNCC(OCCCc1ccccc1)c1ccccc1F. The molecule has 112 valence electrons. The summed E-state index contributed by atoms with van der Waals surface area (Å²) < 4.78 is 19.7. The van der Waals surface area contributed by atoms with Crippen molar-refractivity contribution in [3.8, 4) is 0 Å². The van der Waals surface area contributed by atoms with Crippen LogP contribution in [0, 0.1) is 5.82 Å². The summed E-state index contributed by atoms with van der Waals surface area (Å²) in [5.41, 5.74) is 1.92. The van der Waals surface area contributed by atoms with Crippen LogP contribution in [0.5, 0.6) is 0 Å². The van der Waals surface area contributed by atoms with Gasteiger partial charge in [-0.2, -0.15) is 0 Å². The first-order valence-corrected chi connectivity index (χ1v) is 7.36. The highest BCUT2D eigenvalue weighted by Gasteiger charge is 2.14. The molecule has 0 aliphatic heterocycles. The van der Waals surface area contributed by atoms with Crippen LogP contribution >= 0.6 is 0 Å². The maximum atomic E-state index is 13.8. The molecule has 1 atom stereocenters. The number of hydrogen-bond donors (Lipinski definition) is 1. The first kappa shape index (κ1) is 15.7. The van der Waals surface area contributed by atoms with Crippen LogP contribution in [0.4, 0.5) is 4.39 Å². The van der Waals surface area contributed by atoms with Gasteiger partial charge in [-0.25, -0.2) is 4.39 Å². The van der Waals surface area contributed by atoms with Crippen LogP contribution in [0.1, 0.15) is 23.7 Å². The first-order valence-electron chi connectivity index (χ1n) is 7.36. The molecule has 0 heterocycles. The number of ether oxygens (including phenoxy) is 1. The summed E-state index contributed by atoms with van der Waals surface area (Å²) in [5, 5.41) is 3.06. The van der Waals surface area contributed by atoms with Gasteiger partial charge in [0, 0.05) is 18.7 Å². The second kappa shape index (κ2) is 8.55. The van der Waals surface area contributed by atoms with Gasteiger partial charge in [0.05, 0.1) is 6.10 Å². The number of benzene rings is 2. The number of rotatable bonds is 8. The fourth-order valence-corrected chi connectivity index (χ4v) is 2.33. The number of aryl methyl sites for hydroxylation is 1. The molecule has 3 heteroatoms. The van der Waals surface area contributed by atoms with Crippen molar-refractivity contribution in [3.05, 3.63) is 71.5 Å². The molecule has 1 unspecified atom stereocenters. The van der Waals surface area contributed by atoms with E-state index >= 15 is 0 Å². The van der Waals surface area contributed by atoms with E-state index in [4.69, 9.17) is 4.74 Å². The van der Waals surface area contributed by atoms with Crippen molar-refractivity contribution >= 4 is 0 Å². The zero-order valence-electron chi connectivity index (χ0n) is 12.4. The summed E-state index contributed by atoms with van der Waals surface area (Å²) in [4.78, 5) is 0. The van der Waals surface area contributed by atoms with Gasteiger partial charge in [0.25, 0.3) is 0 Å². The van der Waals surface area contributed by atoms with Crippen LogP contribution in [0.3, 0.4) is 0 Å². The van der Waals surface area contributed by atoms with Gasteiger partial charge in [-0.1, -0.05) is 48.5 Å². The minimum absolute atomic E-state index is 0.208. The van der Waals surface area contributed by atoms with Crippen LogP contribution in [0.25, 0.3) is 0 Å². The van der Waals surface area contributed by atoms with E-state index in [9.17, 15) is 4.39 Å². The highest BCUT2D eigenvalue weighted by Crippen LogP contribution is 2.20. The smallest absolute Gasteiger partial charge is 0.129 e. The van der Waals surface area contributed by atoms with Crippen LogP contribution in [-0.4, -0.2) is 20.2 Å². The van der Waals surface area contributed by atoms with E-state index in [1.54, 1.807) is 12.1 Å². The van der Waals surface area contributed by atoms with Crippen molar-refractivity contribution in [3.63, 3.8) is 0 Å². The van der Waals surface area contributed by atoms with E-state index < -0.39 is 0 Å². The Balaban J connectivity index is 1.85. The Kier molecular flexibility index (Phi) is 6.38. The topological polar surface area (TPSA) is 21.3 Å². The highest BCUT2D eigenvalue weighted by molar-refractivity contribution is 5.20. The van der Waals surface area contributed by atoms with E-state index in [-0.39, 0.29) is 11.9 Å². The molecule has 2 aromatic rings. The minimum Gasteiger partial charge on any atom is -0.372 e. The Labute approximate surface area is 126 Å². The molecule has 0 saturated carbocycles. The Hall–Kier alpha value is -1.71. The van der Waals surface area contributed by atoms with Crippen molar-refractivity contribution in [1.29, 1.82) is 0 Å². The largest absolute Gasteiger partial charge is 0.372 e. The number of halogens is 1. The monoisotopic (exact) mass is 287 g/mol. The third-order valence-corrected chi connectivity index (χ3v) is 3.41. The summed E-state index contributed by atoms with van der Waals surface area (Å²) in [6.45, 7) is 1.22. The molecule has 0 radical (unpaired) electrons. The standard InChI is InChI=1S/C18H22FNO/c1-20-14-18(16-11-5-6-12-17(16)19)21-13-7-10-15-8-3-2-4-9-15/h2-6,8-9,11-12,18,20H,7,10,13-14H2,1H3. The van der Waals surface area contributed by atoms with Gasteiger partial charge >= 0.3 is 0 Å². The second-order valence-corrected chi connectivity index (χ2v) is 5.03. The normalized spacial score (nSPS) is 12.3. The van der Waals surface area contributed by atoms with Crippen LogP contribution in [0.2, 0.25) is 0 Å². The summed E-state index contributed by atoms with van der Waals surface area (Å²) in [6, 6.07) is 17.1. The van der Waals surface area contributed by atoms with Gasteiger partial charge in [0.1, 0.15) is 5.82 Å². The van der Waals surface area contributed by atoms with Gasteiger partial charge < -0.3 is 10.1 Å². The summed E-state index contributed by atoms with van der Waals surface area (Å²) in [5.74, 6) is -0.208. The van der Waals surface area contributed by atoms with E-state index in [1.165, 1.54) is 11.6 Å². The lowest BCUT2D eigenvalue weighted by Crippen LogP contribution is -2.21. The molecule has 21 heavy (non-hydrogen) atoms. The Morgan fingerprint density at radius 3 is 2.48 bits per heavy atom. The van der Waals surface area contributed by atoms with Crippen molar-refractivity contribution in [2.75, 3.05) is 20.2 Å².